The number of nitrogens with zero attached hydrogens (tertiary/aromatic N) is 2. The summed E-state index contributed by atoms with van der Waals surface area (Å²) in [5.74, 6) is -0.739. The smallest absolute Gasteiger partial charge is 0.270 e. The van der Waals surface area contributed by atoms with Crippen LogP contribution in [0, 0.1) is 0 Å². The maximum absolute atomic E-state index is 12.8. The molecule has 3 N–H and O–H groups in total. The maximum atomic E-state index is 12.8. The van der Waals surface area contributed by atoms with Gasteiger partial charge in [-0.3, -0.25) is 14.4 Å². The van der Waals surface area contributed by atoms with Crippen LogP contribution in [0.25, 0.3) is 11.0 Å². The Morgan fingerprint density at radius 1 is 1.11 bits per heavy atom. The summed E-state index contributed by atoms with van der Waals surface area (Å²) in [5, 5.41) is 0. The van der Waals surface area contributed by atoms with Gasteiger partial charge in [0.1, 0.15) is 11.7 Å². The van der Waals surface area contributed by atoms with E-state index in [9.17, 15) is 14.4 Å². The lowest BCUT2D eigenvalue weighted by Gasteiger charge is -2.35. The Hall–Kier alpha value is -3.48. The molecule has 1 aliphatic rings. The van der Waals surface area contributed by atoms with E-state index in [0.29, 0.717) is 29.7 Å². The van der Waals surface area contributed by atoms with Crippen molar-refractivity contribution in [3.8, 4) is 0 Å². The Morgan fingerprint density at radius 2 is 1.82 bits per heavy atom. The molecule has 28 heavy (non-hydrogen) atoms. The molecule has 4 rings (SSSR count). The van der Waals surface area contributed by atoms with Crippen molar-refractivity contribution in [2.75, 3.05) is 0 Å². The molecule has 7 heteroatoms. The van der Waals surface area contributed by atoms with Crippen LogP contribution in [0.1, 0.15) is 23.2 Å². The average molecular weight is 376 g/mol. The van der Waals surface area contributed by atoms with E-state index in [-0.39, 0.29) is 24.3 Å². The van der Waals surface area contributed by atoms with Gasteiger partial charge in [0.15, 0.2) is 0 Å². The van der Waals surface area contributed by atoms with Gasteiger partial charge in [-0.2, -0.15) is 0 Å². The van der Waals surface area contributed by atoms with E-state index in [0.717, 1.165) is 11.1 Å². The zero-order valence-electron chi connectivity index (χ0n) is 15.2. The van der Waals surface area contributed by atoms with Gasteiger partial charge in [-0.1, -0.05) is 36.4 Å². The molecule has 0 radical (unpaired) electrons. The minimum Gasteiger partial charge on any atom is -0.368 e. The van der Waals surface area contributed by atoms with Crippen molar-refractivity contribution in [3.05, 3.63) is 75.7 Å². The second kappa shape index (κ2) is 7.26. The molecule has 1 aliphatic heterocycles. The summed E-state index contributed by atoms with van der Waals surface area (Å²) in [6.07, 6.45) is 0.690. The first kappa shape index (κ1) is 17.9. The summed E-state index contributed by atoms with van der Waals surface area (Å²) in [6.45, 7) is 0.337. The molecule has 142 valence electrons. The number of carbonyl (C=O) groups is 2. The Balaban J connectivity index is 1.54. The number of aromatic nitrogens is 2. The number of para-hydroxylation sites is 2. The number of aromatic amines is 1. The minimum atomic E-state index is -0.676. The normalized spacial score (nSPS) is 16.0. The highest BCUT2D eigenvalue weighted by Crippen LogP contribution is 2.24. The van der Waals surface area contributed by atoms with Crippen LogP contribution in [0.5, 0.6) is 0 Å². The lowest BCUT2D eigenvalue weighted by atomic mass is 9.93. The summed E-state index contributed by atoms with van der Waals surface area (Å²) >= 11 is 0. The minimum absolute atomic E-state index is 0.0837. The van der Waals surface area contributed by atoms with Crippen molar-refractivity contribution in [2.24, 2.45) is 5.73 Å². The molecule has 0 saturated carbocycles. The number of aryl methyl sites for hydroxylation is 1. The standard InChI is InChI=1S/C21H20N4O3/c22-20(27)18-11-13-5-1-2-6-14(13)12-25(18)19(26)10-9-17-21(28)24-16-8-4-3-7-15(16)23-17/h1-8,18H,9-12H2,(H2,22,27)(H,24,28)/t18-/m1/s1. The Kier molecular flexibility index (Phi) is 4.65. The number of benzene rings is 2. The maximum Gasteiger partial charge on any atom is 0.270 e. The number of primary amides is 1. The summed E-state index contributed by atoms with van der Waals surface area (Å²) in [4.78, 5) is 45.7. The molecule has 2 heterocycles. The zero-order chi connectivity index (χ0) is 19.7. The largest absolute Gasteiger partial charge is 0.368 e. The van der Waals surface area contributed by atoms with Gasteiger partial charge < -0.3 is 15.6 Å². The number of hydrogen-bond acceptors (Lipinski definition) is 4. The van der Waals surface area contributed by atoms with Gasteiger partial charge >= 0.3 is 0 Å². The van der Waals surface area contributed by atoms with Gasteiger partial charge in [0.2, 0.25) is 11.8 Å². The van der Waals surface area contributed by atoms with Crippen LogP contribution in [0.4, 0.5) is 0 Å². The highest BCUT2D eigenvalue weighted by molar-refractivity contribution is 5.87. The summed E-state index contributed by atoms with van der Waals surface area (Å²) in [7, 11) is 0. The predicted molar refractivity (Wildman–Crippen MR) is 104 cm³/mol. The molecule has 2 amide bonds. The molecule has 0 spiro atoms. The van der Waals surface area contributed by atoms with Crippen LogP contribution < -0.4 is 11.3 Å². The van der Waals surface area contributed by atoms with Crippen molar-refractivity contribution >= 4 is 22.8 Å². The van der Waals surface area contributed by atoms with Crippen molar-refractivity contribution in [1.29, 1.82) is 0 Å². The number of H-pyrrole nitrogens is 1. The second-order valence-corrected chi connectivity index (χ2v) is 6.94. The molecule has 0 fully saturated rings. The van der Waals surface area contributed by atoms with Crippen LogP contribution in [-0.4, -0.2) is 32.7 Å². The van der Waals surface area contributed by atoms with Gasteiger partial charge in [-0.25, -0.2) is 4.98 Å². The van der Waals surface area contributed by atoms with Crippen molar-refractivity contribution in [2.45, 2.75) is 31.8 Å². The third kappa shape index (κ3) is 3.38. The average Bonchev–Trinajstić information content (AvgIpc) is 2.70. The molecule has 7 nitrogen and oxygen atoms in total. The van der Waals surface area contributed by atoms with E-state index in [1.54, 1.807) is 12.1 Å². The number of carbonyl (C=O) groups excluding carboxylic acids is 2. The fraction of sp³-hybridized carbons (Fsp3) is 0.238. The third-order valence-corrected chi connectivity index (χ3v) is 5.14. The van der Waals surface area contributed by atoms with Crippen LogP contribution in [0.3, 0.4) is 0 Å². The molecule has 0 bridgehead atoms. The number of fused-ring (bicyclic) bond motifs is 2. The van der Waals surface area contributed by atoms with Crippen molar-refractivity contribution < 1.29 is 9.59 Å². The first-order valence-corrected chi connectivity index (χ1v) is 9.16. The van der Waals surface area contributed by atoms with E-state index in [1.165, 1.54) is 4.90 Å². The molecule has 1 atom stereocenters. The molecular weight excluding hydrogens is 356 g/mol. The van der Waals surface area contributed by atoms with Crippen LogP contribution in [0.15, 0.2) is 53.3 Å². The number of rotatable bonds is 4. The van der Waals surface area contributed by atoms with Gasteiger partial charge in [0.25, 0.3) is 5.56 Å². The van der Waals surface area contributed by atoms with Gasteiger partial charge in [-0.05, 0) is 23.3 Å². The highest BCUT2D eigenvalue weighted by Gasteiger charge is 2.33. The highest BCUT2D eigenvalue weighted by atomic mass is 16.2. The molecule has 3 aromatic rings. The molecule has 0 saturated heterocycles. The Labute approximate surface area is 161 Å². The topological polar surface area (TPSA) is 109 Å². The first-order chi connectivity index (χ1) is 13.5. The molecule has 2 aromatic carbocycles. The predicted octanol–water partition coefficient (Wildman–Crippen LogP) is 1.29. The summed E-state index contributed by atoms with van der Waals surface area (Å²) < 4.78 is 0. The van der Waals surface area contributed by atoms with E-state index >= 15 is 0 Å². The Bertz CT molecular complexity index is 1120. The summed E-state index contributed by atoms with van der Waals surface area (Å²) in [6, 6.07) is 14.3. The van der Waals surface area contributed by atoms with E-state index in [4.69, 9.17) is 5.73 Å². The lowest BCUT2D eigenvalue weighted by molar-refractivity contribution is -0.140. The monoisotopic (exact) mass is 376 g/mol. The number of nitrogens with two attached hydrogens (primary N) is 1. The SMILES string of the molecule is NC(=O)[C@H]1Cc2ccccc2CN1C(=O)CCc1nc2ccccc2[nH]c1=O. The van der Waals surface area contributed by atoms with Gasteiger partial charge in [0, 0.05) is 25.8 Å². The van der Waals surface area contributed by atoms with Gasteiger partial charge in [0.05, 0.1) is 11.0 Å². The quantitative estimate of drug-likeness (QED) is 0.715. The molecular formula is C21H20N4O3. The number of nitrogens with one attached hydrogen (secondary N) is 1. The van der Waals surface area contributed by atoms with Crippen LogP contribution in [-0.2, 0) is 29.0 Å². The summed E-state index contributed by atoms with van der Waals surface area (Å²) in [5.41, 5.74) is 8.92. The van der Waals surface area contributed by atoms with Crippen LogP contribution in [0.2, 0.25) is 0 Å². The Morgan fingerprint density at radius 3 is 2.61 bits per heavy atom. The molecule has 1 aromatic heterocycles. The molecule has 0 aliphatic carbocycles. The van der Waals surface area contributed by atoms with Gasteiger partial charge in [-0.15, -0.1) is 0 Å². The molecule has 0 unspecified atom stereocenters. The zero-order valence-corrected chi connectivity index (χ0v) is 15.2. The van der Waals surface area contributed by atoms with Crippen LogP contribution >= 0.6 is 0 Å². The van der Waals surface area contributed by atoms with E-state index < -0.39 is 11.9 Å². The van der Waals surface area contributed by atoms with E-state index in [2.05, 4.69) is 9.97 Å². The fourth-order valence-corrected chi connectivity index (χ4v) is 3.65. The fourth-order valence-electron chi connectivity index (χ4n) is 3.65. The second-order valence-electron chi connectivity index (χ2n) is 6.94. The third-order valence-electron chi connectivity index (χ3n) is 5.14. The first-order valence-electron chi connectivity index (χ1n) is 9.16. The van der Waals surface area contributed by atoms with Crippen molar-refractivity contribution in [1.82, 2.24) is 14.9 Å². The number of amides is 2. The number of hydrogen-bond donors (Lipinski definition) is 2. The van der Waals surface area contributed by atoms with E-state index in [1.807, 2.05) is 36.4 Å². The lowest BCUT2D eigenvalue weighted by Crippen LogP contribution is -2.51. The van der Waals surface area contributed by atoms with Crippen molar-refractivity contribution in [3.63, 3.8) is 0 Å².